The van der Waals surface area contributed by atoms with Gasteiger partial charge < -0.3 is 9.73 Å². The van der Waals surface area contributed by atoms with Crippen LogP contribution in [0.25, 0.3) is 11.5 Å². The summed E-state index contributed by atoms with van der Waals surface area (Å²) in [6.45, 7) is 1.98. The highest BCUT2D eigenvalue weighted by molar-refractivity contribution is 7.99. The molecule has 1 amide bonds. The second kappa shape index (κ2) is 7.11. The summed E-state index contributed by atoms with van der Waals surface area (Å²) in [5, 5.41) is 11.2. The molecular weight excluding hydrogens is 310 g/mol. The van der Waals surface area contributed by atoms with Crippen molar-refractivity contribution < 1.29 is 9.21 Å². The van der Waals surface area contributed by atoms with Gasteiger partial charge in [0.05, 0.1) is 5.75 Å². The first-order chi connectivity index (χ1) is 11.2. The van der Waals surface area contributed by atoms with E-state index in [0.29, 0.717) is 11.1 Å². The Kier molecular flexibility index (Phi) is 4.73. The molecule has 0 unspecified atom stereocenters. The summed E-state index contributed by atoms with van der Waals surface area (Å²) < 4.78 is 5.55. The molecule has 0 bridgehead atoms. The summed E-state index contributed by atoms with van der Waals surface area (Å²) in [6.07, 6.45) is 0. The van der Waals surface area contributed by atoms with Crippen molar-refractivity contribution in [1.29, 1.82) is 0 Å². The van der Waals surface area contributed by atoms with Gasteiger partial charge in [-0.05, 0) is 36.8 Å². The number of aromatic nitrogens is 2. The van der Waals surface area contributed by atoms with Crippen molar-refractivity contribution in [3.05, 3.63) is 60.2 Å². The molecule has 1 N–H and O–H groups in total. The van der Waals surface area contributed by atoms with Crippen molar-refractivity contribution >= 4 is 23.4 Å². The molecule has 0 aliphatic rings. The average molecular weight is 325 g/mol. The highest BCUT2D eigenvalue weighted by Gasteiger charge is 2.11. The number of hydrogen-bond acceptors (Lipinski definition) is 5. The Morgan fingerprint density at radius 3 is 2.74 bits per heavy atom. The van der Waals surface area contributed by atoms with E-state index in [1.807, 2.05) is 61.5 Å². The van der Waals surface area contributed by atoms with Crippen LogP contribution in [0.15, 0.2) is 64.2 Å². The molecule has 0 spiro atoms. The van der Waals surface area contributed by atoms with Gasteiger partial charge in [0, 0.05) is 11.3 Å². The van der Waals surface area contributed by atoms with Crippen LogP contribution in [0.1, 0.15) is 5.56 Å². The minimum Gasteiger partial charge on any atom is -0.411 e. The predicted octanol–water partition coefficient (Wildman–Crippen LogP) is 3.78. The van der Waals surface area contributed by atoms with Crippen molar-refractivity contribution in [2.24, 2.45) is 0 Å². The number of aryl methyl sites for hydroxylation is 1. The van der Waals surface area contributed by atoms with E-state index in [4.69, 9.17) is 4.42 Å². The summed E-state index contributed by atoms with van der Waals surface area (Å²) in [5.41, 5.74) is 2.74. The molecule has 1 heterocycles. The molecule has 5 nitrogen and oxygen atoms in total. The summed E-state index contributed by atoms with van der Waals surface area (Å²) >= 11 is 1.22. The minimum absolute atomic E-state index is 0.111. The van der Waals surface area contributed by atoms with Crippen LogP contribution >= 0.6 is 11.8 Å². The first-order valence-electron chi connectivity index (χ1n) is 7.09. The van der Waals surface area contributed by atoms with E-state index >= 15 is 0 Å². The van der Waals surface area contributed by atoms with E-state index in [9.17, 15) is 4.79 Å². The van der Waals surface area contributed by atoms with Gasteiger partial charge in [-0.1, -0.05) is 42.1 Å². The van der Waals surface area contributed by atoms with Gasteiger partial charge in [-0.25, -0.2) is 0 Å². The Labute approximate surface area is 138 Å². The standard InChI is InChI=1S/C17H15N3O2S/c1-12-6-5-9-14(10-12)18-15(21)11-23-17-20-19-16(22-17)13-7-3-2-4-8-13/h2-10H,11H2,1H3,(H,18,21). The number of nitrogens with one attached hydrogen (secondary N) is 1. The third kappa shape index (κ3) is 4.20. The van der Waals surface area contributed by atoms with Crippen molar-refractivity contribution in [3.63, 3.8) is 0 Å². The number of carbonyl (C=O) groups excluding carboxylic acids is 1. The van der Waals surface area contributed by atoms with Crippen molar-refractivity contribution in [1.82, 2.24) is 10.2 Å². The largest absolute Gasteiger partial charge is 0.411 e. The van der Waals surface area contributed by atoms with E-state index in [2.05, 4.69) is 15.5 Å². The van der Waals surface area contributed by atoms with Crippen molar-refractivity contribution in [3.8, 4) is 11.5 Å². The summed E-state index contributed by atoms with van der Waals surface area (Å²) in [7, 11) is 0. The van der Waals surface area contributed by atoms with Gasteiger partial charge in [0.1, 0.15) is 0 Å². The molecule has 0 atom stereocenters. The molecular formula is C17H15N3O2S. The molecule has 2 aromatic carbocycles. The highest BCUT2D eigenvalue weighted by atomic mass is 32.2. The zero-order valence-electron chi connectivity index (χ0n) is 12.5. The molecule has 23 heavy (non-hydrogen) atoms. The molecule has 0 aliphatic carbocycles. The molecule has 0 aliphatic heterocycles. The normalized spacial score (nSPS) is 10.5. The molecule has 3 rings (SSSR count). The molecule has 0 fully saturated rings. The van der Waals surface area contributed by atoms with Gasteiger partial charge in [-0.15, -0.1) is 10.2 Å². The quantitative estimate of drug-likeness (QED) is 0.723. The van der Waals surface area contributed by atoms with Gasteiger partial charge >= 0.3 is 0 Å². The lowest BCUT2D eigenvalue weighted by atomic mass is 10.2. The minimum atomic E-state index is -0.111. The Hall–Kier alpha value is -2.60. The summed E-state index contributed by atoms with van der Waals surface area (Å²) in [6, 6.07) is 17.2. The first kappa shape index (κ1) is 15.3. The SMILES string of the molecule is Cc1cccc(NC(=O)CSc2nnc(-c3ccccc3)o2)c1. The van der Waals surface area contributed by atoms with Crippen LogP contribution in [0.5, 0.6) is 0 Å². The number of amides is 1. The van der Waals surface area contributed by atoms with Crippen LogP contribution < -0.4 is 5.32 Å². The van der Waals surface area contributed by atoms with Crippen LogP contribution in [0, 0.1) is 6.92 Å². The zero-order chi connectivity index (χ0) is 16.1. The number of carbonyl (C=O) groups is 1. The average Bonchev–Trinajstić information content (AvgIpc) is 3.03. The number of benzene rings is 2. The van der Waals surface area contributed by atoms with Gasteiger partial charge in [0.15, 0.2) is 0 Å². The Morgan fingerprint density at radius 2 is 1.96 bits per heavy atom. The van der Waals surface area contributed by atoms with Crippen LogP contribution in [-0.2, 0) is 4.79 Å². The van der Waals surface area contributed by atoms with Gasteiger partial charge in [-0.2, -0.15) is 0 Å². The third-order valence-electron chi connectivity index (χ3n) is 3.06. The summed E-state index contributed by atoms with van der Waals surface area (Å²) in [5.74, 6) is 0.553. The smallest absolute Gasteiger partial charge is 0.277 e. The van der Waals surface area contributed by atoms with E-state index in [0.717, 1.165) is 16.8 Å². The fourth-order valence-electron chi connectivity index (χ4n) is 2.01. The molecule has 116 valence electrons. The van der Waals surface area contributed by atoms with Crippen LogP contribution in [0.2, 0.25) is 0 Å². The fraction of sp³-hybridized carbons (Fsp3) is 0.118. The summed E-state index contributed by atoms with van der Waals surface area (Å²) in [4.78, 5) is 12.0. The molecule has 6 heteroatoms. The molecule has 1 aromatic heterocycles. The maximum absolute atomic E-state index is 12.0. The molecule has 3 aromatic rings. The topological polar surface area (TPSA) is 68.0 Å². The van der Waals surface area contributed by atoms with E-state index in [1.165, 1.54) is 11.8 Å². The monoisotopic (exact) mass is 325 g/mol. The zero-order valence-corrected chi connectivity index (χ0v) is 13.3. The van der Waals surface area contributed by atoms with Crippen molar-refractivity contribution in [2.75, 3.05) is 11.1 Å². The number of thioether (sulfide) groups is 1. The van der Waals surface area contributed by atoms with E-state index in [1.54, 1.807) is 0 Å². The maximum atomic E-state index is 12.0. The third-order valence-corrected chi connectivity index (χ3v) is 3.87. The first-order valence-corrected chi connectivity index (χ1v) is 8.07. The lowest BCUT2D eigenvalue weighted by Gasteiger charge is -2.04. The molecule has 0 radical (unpaired) electrons. The second-order valence-electron chi connectivity index (χ2n) is 4.95. The number of nitrogens with zero attached hydrogens (tertiary/aromatic N) is 2. The number of anilines is 1. The maximum Gasteiger partial charge on any atom is 0.277 e. The van der Waals surface area contributed by atoms with Crippen molar-refractivity contribution in [2.45, 2.75) is 12.1 Å². The Morgan fingerprint density at radius 1 is 1.13 bits per heavy atom. The lowest BCUT2D eigenvalue weighted by Crippen LogP contribution is -2.13. The van der Waals surface area contributed by atoms with Crippen LogP contribution in [0.3, 0.4) is 0 Å². The lowest BCUT2D eigenvalue weighted by molar-refractivity contribution is -0.113. The Balaban J connectivity index is 1.56. The predicted molar refractivity (Wildman–Crippen MR) is 90.3 cm³/mol. The number of rotatable bonds is 5. The molecule has 0 saturated heterocycles. The van der Waals surface area contributed by atoms with E-state index in [-0.39, 0.29) is 11.7 Å². The highest BCUT2D eigenvalue weighted by Crippen LogP contribution is 2.23. The van der Waals surface area contributed by atoms with Crippen LogP contribution in [0.4, 0.5) is 5.69 Å². The van der Waals surface area contributed by atoms with E-state index < -0.39 is 0 Å². The van der Waals surface area contributed by atoms with Crippen LogP contribution in [-0.4, -0.2) is 21.9 Å². The van der Waals surface area contributed by atoms with Gasteiger partial charge in [0.2, 0.25) is 11.8 Å². The second-order valence-corrected chi connectivity index (χ2v) is 5.87. The van der Waals surface area contributed by atoms with Gasteiger partial charge in [0.25, 0.3) is 5.22 Å². The Bertz CT molecular complexity index is 802. The van der Waals surface area contributed by atoms with Gasteiger partial charge in [-0.3, -0.25) is 4.79 Å². The fourth-order valence-corrected chi connectivity index (χ4v) is 2.58. The molecule has 0 saturated carbocycles. The number of hydrogen-bond donors (Lipinski definition) is 1.